The van der Waals surface area contributed by atoms with Crippen LogP contribution in [0.3, 0.4) is 0 Å². The molecule has 0 aliphatic carbocycles. The first kappa shape index (κ1) is 23.4. The number of amides is 2. The molecule has 1 atom stereocenters. The predicted octanol–water partition coefficient (Wildman–Crippen LogP) is 5.10. The van der Waals surface area contributed by atoms with Gasteiger partial charge in [-0.1, -0.05) is 44.7 Å². The van der Waals surface area contributed by atoms with Crippen molar-refractivity contribution < 1.29 is 19.0 Å². The second kappa shape index (κ2) is 13.5. The summed E-state index contributed by atoms with van der Waals surface area (Å²) in [7, 11) is 3.04. The van der Waals surface area contributed by atoms with Crippen molar-refractivity contribution in [2.24, 2.45) is 5.92 Å². The lowest BCUT2D eigenvalue weighted by molar-refractivity contribution is 0.0925. The van der Waals surface area contributed by atoms with E-state index in [1.165, 1.54) is 33.5 Å². The summed E-state index contributed by atoms with van der Waals surface area (Å²) in [6.07, 6.45) is 5.60. The Morgan fingerprint density at radius 1 is 1.15 bits per heavy atom. The minimum Gasteiger partial charge on any atom is -0.495 e. The SMILES string of the molecule is CCCCC(CC)COCCCNC(=O)Nc1cc(Cl)c(OC)cc1OC. The maximum absolute atomic E-state index is 12.1. The number of halogens is 1. The number of carbonyl (C=O) groups excluding carboxylic acids is 1. The van der Waals surface area contributed by atoms with Crippen molar-refractivity contribution in [2.45, 2.75) is 46.0 Å². The molecule has 0 spiro atoms. The van der Waals surface area contributed by atoms with E-state index in [1.807, 2.05) is 0 Å². The normalized spacial score (nSPS) is 11.7. The number of urea groups is 1. The van der Waals surface area contributed by atoms with E-state index in [2.05, 4.69) is 24.5 Å². The van der Waals surface area contributed by atoms with Gasteiger partial charge in [0, 0.05) is 25.8 Å². The molecule has 0 aromatic heterocycles. The largest absolute Gasteiger partial charge is 0.495 e. The van der Waals surface area contributed by atoms with Gasteiger partial charge in [0.2, 0.25) is 0 Å². The predicted molar refractivity (Wildman–Crippen MR) is 110 cm³/mol. The number of unbranched alkanes of at least 4 members (excludes halogenated alkanes) is 1. The van der Waals surface area contributed by atoms with Crippen molar-refractivity contribution in [3.8, 4) is 11.5 Å². The number of hydrogen-bond donors (Lipinski definition) is 2. The second-order valence-electron chi connectivity index (χ2n) is 6.41. The standard InChI is InChI=1S/C20H33ClN2O4/c1-5-7-9-15(6-2)14-27-11-8-10-22-20(24)23-17-12-16(21)18(25-3)13-19(17)26-4/h12-13,15H,5-11,14H2,1-4H3,(H2,22,23,24). The summed E-state index contributed by atoms with van der Waals surface area (Å²) >= 11 is 6.10. The minimum atomic E-state index is -0.316. The maximum Gasteiger partial charge on any atom is 0.319 e. The fraction of sp³-hybridized carbons (Fsp3) is 0.650. The molecule has 0 heterocycles. The van der Waals surface area contributed by atoms with E-state index in [-0.39, 0.29) is 6.03 Å². The number of ether oxygens (including phenoxy) is 3. The molecule has 2 N–H and O–H groups in total. The van der Waals surface area contributed by atoms with Crippen molar-refractivity contribution in [3.05, 3.63) is 17.2 Å². The number of rotatable bonds is 13. The molecular formula is C20H33ClN2O4. The summed E-state index contributed by atoms with van der Waals surface area (Å²) < 4.78 is 16.1. The van der Waals surface area contributed by atoms with Crippen LogP contribution in [-0.4, -0.2) is 40.0 Å². The first-order chi connectivity index (χ1) is 13.0. The Hall–Kier alpha value is -1.66. The lowest BCUT2D eigenvalue weighted by Gasteiger charge is -2.15. The lowest BCUT2D eigenvalue weighted by atomic mass is 10.0. The Balaban J connectivity index is 2.31. The van der Waals surface area contributed by atoms with Gasteiger partial charge in [-0.15, -0.1) is 0 Å². The molecule has 7 heteroatoms. The number of hydrogen-bond acceptors (Lipinski definition) is 4. The molecular weight excluding hydrogens is 368 g/mol. The Labute approximate surface area is 167 Å². The van der Waals surface area contributed by atoms with Gasteiger partial charge in [-0.2, -0.15) is 0 Å². The van der Waals surface area contributed by atoms with Crippen molar-refractivity contribution in [2.75, 3.05) is 39.3 Å². The molecule has 1 aromatic carbocycles. The van der Waals surface area contributed by atoms with Crippen LogP contribution >= 0.6 is 11.6 Å². The average Bonchev–Trinajstić information content (AvgIpc) is 2.67. The first-order valence-electron chi connectivity index (χ1n) is 9.59. The highest BCUT2D eigenvalue weighted by molar-refractivity contribution is 6.32. The fourth-order valence-corrected chi connectivity index (χ4v) is 2.89. The minimum absolute atomic E-state index is 0.316. The third kappa shape index (κ3) is 8.71. The van der Waals surface area contributed by atoms with Crippen molar-refractivity contribution in [1.82, 2.24) is 5.32 Å². The van der Waals surface area contributed by atoms with Crippen LogP contribution in [0.25, 0.3) is 0 Å². The van der Waals surface area contributed by atoms with Crippen LogP contribution in [0, 0.1) is 5.92 Å². The summed E-state index contributed by atoms with van der Waals surface area (Å²) in [5.74, 6) is 1.60. The summed E-state index contributed by atoms with van der Waals surface area (Å²) in [6, 6.07) is 2.92. The monoisotopic (exact) mass is 400 g/mol. The van der Waals surface area contributed by atoms with Crippen LogP contribution in [0.2, 0.25) is 5.02 Å². The molecule has 0 bridgehead atoms. The summed E-state index contributed by atoms with van der Waals surface area (Å²) in [5, 5.41) is 5.94. The van der Waals surface area contributed by atoms with Gasteiger partial charge in [0.25, 0.3) is 0 Å². The van der Waals surface area contributed by atoms with E-state index in [1.54, 1.807) is 12.1 Å². The Bertz CT molecular complexity index is 569. The molecule has 154 valence electrons. The number of benzene rings is 1. The molecule has 0 saturated carbocycles. The van der Waals surface area contributed by atoms with Gasteiger partial charge in [-0.3, -0.25) is 0 Å². The van der Waals surface area contributed by atoms with Crippen LogP contribution in [0.15, 0.2) is 12.1 Å². The molecule has 27 heavy (non-hydrogen) atoms. The quantitative estimate of drug-likeness (QED) is 0.452. The molecule has 1 rings (SSSR count). The third-order valence-corrected chi connectivity index (χ3v) is 4.67. The fourth-order valence-electron chi connectivity index (χ4n) is 2.65. The molecule has 0 radical (unpaired) electrons. The molecule has 1 aromatic rings. The highest BCUT2D eigenvalue weighted by Crippen LogP contribution is 2.35. The highest BCUT2D eigenvalue weighted by atomic mass is 35.5. The van der Waals surface area contributed by atoms with Gasteiger partial charge in [-0.05, 0) is 24.8 Å². The Kier molecular flexibility index (Phi) is 11.7. The zero-order valence-corrected chi connectivity index (χ0v) is 17.7. The molecule has 2 amide bonds. The van der Waals surface area contributed by atoms with E-state index < -0.39 is 0 Å². The smallest absolute Gasteiger partial charge is 0.319 e. The molecule has 6 nitrogen and oxygen atoms in total. The Morgan fingerprint density at radius 2 is 1.89 bits per heavy atom. The number of methoxy groups -OCH3 is 2. The first-order valence-corrected chi connectivity index (χ1v) is 9.97. The second-order valence-corrected chi connectivity index (χ2v) is 6.82. The number of anilines is 1. The number of carbonyl (C=O) groups is 1. The van der Waals surface area contributed by atoms with Gasteiger partial charge in [0.1, 0.15) is 11.5 Å². The molecule has 0 fully saturated rings. The molecule has 1 unspecified atom stereocenters. The summed E-state index contributed by atoms with van der Waals surface area (Å²) in [5.41, 5.74) is 0.485. The van der Waals surface area contributed by atoms with E-state index in [0.717, 1.165) is 19.4 Å². The van der Waals surface area contributed by atoms with Gasteiger partial charge in [0.15, 0.2) is 0 Å². The van der Waals surface area contributed by atoms with Gasteiger partial charge < -0.3 is 24.8 Å². The van der Waals surface area contributed by atoms with Gasteiger partial charge in [0.05, 0.1) is 24.9 Å². The molecule has 0 aliphatic rings. The van der Waals surface area contributed by atoms with Crippen LogP contribution < -0.4 is 20.1 Å². The zero-order valence-electron chi connectivity index (χ0n) is 16.9. The van der Waals surface area contributed by atoms with Crippen molar-refractivity contribution in [1.29, 1.82) is 0 Å². The van der Waals surface area contributed by atoms with Gasteiger partial charge in [-0.25, -0.2) is 4.79 Å². The van der Waals surface area contributed by atoms with Gasteiger partial charge >= 0.3 is 6.03 Å². The zero-order chi connectivity index (χ0) is 20.1. The Morgan fingerprint density at radius 3 is 2.52 bits per heavy atom. The van der Waals surface area contributed by atoms with Crippen LogP contribution in [-0.2, 0) is 4.74 Å². The number of nitrogens with one attached hydrogen (secondary N) is 2. The topological polar surface area (TPSA) is 68.8 Å². The maximum atomic E-state index is 12.1. The average molecular weight is 401 g/mol. The van der Waals surface area contributed by atoms with E-state index in [0.29, 0.717) is 41.3 Å². The van der Waals surface area contributed by atoms with E-state index in [9.17, 15) is 4.79 Å². The van der Waals surface area contributed by atoms with Crippen LogP contribution in [0.1, 0.15) is 46.0 Å². The molecule has 0 aliphatic heterocycles. The van der Waals surface area contributed by atoms with E-state index in [4.69, 9.17) is 25.8 Å². The van der Waals surface area contributed by atoms with Crippen LogP contribution in [0.4, 0.5) is 10.5 Å². The summed E-state index contributed by atoms with van der Waals surface area (Å²) in [4.78, 5) is 12.1. The van der Waals surface area contributed by atoms with Crippen molar-refractivity contribution in [3.63, 3.8) is 0 Å². The lowest BCUT2D eigenvalue weighted by Crippen LogP contribution is -2.30. The van der Waals surface area contributed by atoms with Crippen molar-refractivity contribution >= 4 is 23.3 Å². The summed E-state index contributed by atoms with van der Waals surface area (Å²) in [6.45, 7) is 6.38. The van der Waals surface area contributed by atoms with E-state index >= 15 is 0 Å². The molecule has 0 saturated heterocycles. The third-order valence-electron chi connectivity index (χ3n) is 4.37. The van der Waals surface area contributed by atoms with Crippen LogP contribution in [0.5, 0.6) is 11.5 Å². The highest BCUT2D eigenvalue weighted by Gasteiger charge is 2.12.